The quantitative estimate of drug-likeness (QED) is 0.758. The van der Waals surface area contributed by atoms with Gasteiger partial charge >= 0.3 is 0 Å². The highest BCUT2D eigenvalue weighted by molar-refractivity contribution is 5.16. The Balaban J connectivity index is 2.62. The molecule has 0 bridgehead atoms. The molecule has 1 rings (SSSR count). The SMILES string of the molecule is CCC(CO)Cc1cccc(F)c1. The first-order valence-corrected chi connectivity index (χ1v) is 4.61. The number of aliphatic hydroxyl groups is 1. The lowest BCUT2D eigenvalue weighted by Gasteiger charge is -2.10. The van der Waals surface area contributed by atoms with E-state index in [0.717, 1.165) is 18.4 Å². The van der Waals surface area contributed by atoms with E-state index in [1.54, 1.807) is 6.07 Å². The molecule has 0 saturated heterocycles. The highest BCUT2D eigenvalue weighted by Gasteiger charge is 2.05. The van der Waals surface area contributed by atoms with Gasteiger partial charge in [-0.25, -0.2) is 4.39 Å². The topological polar surface area (TPSA) is 20.2 Å². The zero-order valence-electron chi connectivity index (χ0n) is 7.83. The van der Waals surface area contributed by atoms with Gasteiger partial charge in [0.2, 0.25) is 0 Å². The average molecular weight is 182 g/mol. The summed E-state index contributed by atoms with van der Waals surface area (Å²) >= 11 is 0. The summed E-state index contributed by atoms with van der Waals surface area (Å²) in [5.74, 6) is 0.0482. The summed E-state index contributed by atoms with van der Waals surface area (Å²) in [7, 11) is 0. The van der Waals surface area contributed by atoms with E-state index in [-0.39, 0.29) is 18.3 Å². The molecule has 1 aromatic rings. The van der Waals surface area contributed by atoms with Crippen molar-refractivity contribution in [2.45, 2.75) is 19.8 Å². The molecular weight excluding hydrogens is 167 g/mol. The van der Waals surface area contributed by atoms with Gasteiger partial charge in [0, 0.05) is 6.61 Å². The summed E-state index contributed by atoms with van der Waals surface area (Å²) in [6.07, 6.45) is 1.68. The van der Waals surface area contributed by atoms with Crippen molar-refractivity contribution in [3.8, 4) is 0 Å². The summed E-state index contributed by atoms with van der Waals surface area (Å²) in [6, 6.07) is 6.55. The van der Waals surface area contributed by atoms with Crippen LogP contribution < -0.4 is 0 Å². The van der Waals surface area contributed by atoms with Gasteiger partial charge in [-0.2, -0.15) is 0 Å². The summed E-state index contributed by atoms with van der Waals surface area (Å²) in [5, 5.41) is 8.96. The smallest absolute Gasteiger partial charge is 0.123 e. The molecular formula is C11H15FO. The normalized spacial score (nSPS) is 12.8. The molecule has 0 aromatic heterocycles. The molecule has 0 radical (unpaired) electrons. The van der Waals surface area contributed by atoms with E-state index in [2.05, 4.69) is 0 Å². The summed E-state index contributed by atoms with van der Waals surface area (Å²) < 4.78 is 12.8. The first-order valence-electron chi connectivity index (χ1n) is 4.61. The first kappa shape index (κ1) is 10.2. The fraction of sp³-hybridized carbons (Fsp3) is 0.455. The molecule has 0 aliphatic carbocycles. The maximum Gasteiger partial charge on any atom is 0.123 e. The van der Waals surface area contributed by atoms with Crippen molar-refractivity contribution in [1.29, 1.82) is 0 Å². The van der Waals surface area contributed by atoms with Gasteiger partial charge < -0.3 is 5.11 Å². The summed E-state index contributed by atoms with van der Waals surface area (Å²) in [5.41, 5.74) is 0.959. The highest BCUT2D eigenvalue weighted by Crippen LogP contribution is 2.12. The van der Waals surface area contributed by atoms with Crippen LogP contribution in [-0.2, 0) is 6.42 Å². The van der Waals surface area contributed by atoms with E-state index in [1.807, 2.05) is 13.0 Å². The van der Waals surface area contributed by atoms with Gasteiger partial charge in [-0.15, -0.1) is 0 Å². The van der Waals surface area contributed by atoms with Crippen molar-refractivity contribution in [2.24, 2.45) is 5.92 Å². The molecule has 0 fully saturated rings. The predicted octanol–water partition coefficient (Wildman–Crippen LogP) is 2.39. The van der Waals surface area contributed by atoms with E-state index >= 15 is 0 Å². The summed E-state index contributed by atoms with van der Waals surface area (Å²) in [6.45, 7) is 2.20. The van der Waals surface area contributed by atoms with E-state index in [0.29, 0.717) is 0 Å². The lowest BCUT2D eigenvalue weighted by molar-refractivity contribution is 0.222. The van der Waals surface area contributed by atoms with Gasteiger partial charge in [-0.3, -0.25) is 0 Å². The van der Waals surface area contributed by atoms with Crippen LogP contribution in [0.3, 0.4) is 0 Å². The standard InChI is InChI=1S/C11H15FO/c1-2-9(8-13)6-10-4-3-5-11(12)7-10/h3-5,7,9,13H,2,6,8H2,1H3. The molecule has 0 aliphatic heterocycles. The first-order chi connectivity index (χ1) is 6.26. The molecule has 2 heteroatoms. The zero-order chi connectivity index (χ0) is 9.68. The van der Waals surface area contributed by atoms with Gasteiger partial charge in [0.15, 0.2) is 0 Å². The van der Waals surface area contributed by atoms with Crippen LogP contribution in [0.25, 0.3) is 0 Å². The second-order valence-corrected chi connectivity index (χ2v) is 3.29. The molecule has 1 atom stereocenters. The van der Waals surface area contributed by atoms with Gasteiger partial charge in [0.05, 0.1) is 0 Å². The van der Waals surface area contributed by atoms with Crippen molar-refractivity contribution in [3.63, 3.8) is 0 Å². The largest absolute Gasteiger partial charge is 0.396 e. The minimum Gasteiger partial charge on any atom is -0.396 e. The number of halogens is 1. The Bertz CT molecular complexity index is 256. The Morgan fingerprint density at radius 1 is 1.46 bits per heavy atom. The highest BCUT2D eigenvalue weighted by atomic mass is 19.1. The molecule has 0 heterocycles. The Morgan fingerprint density at radius 2 is 2.23 bits per heavy atom. The number of hydrogen-bond acceptors (Lipinski definition) is 1. The molecule has 0 aliphatic rings. The predicted molar refractivity (Wildman–Crippen MR) is 51.0 cm³/mol. The second-order valence-electron chi connectivity index (χ2n) is 3.29. The molecule has 13 heavy (non-hydrogen) atoms. The lowest BCUT2D eigenvalue weighted by Crippen LogP contribution is -2.08. The third kappa shape index (κ3) is 3.15. The zero-order valence-corrected chi connectivity index (χ0v) is 7.83. The average Bonchev–Trinajstić information content (AvgIpc) is 2.14. The van der Waals surface area contributed by atoms with Gasteiger partial charge in [0.25, 0.3) is 0 Å². The van der Waals surface area contributed by atoms with Gasteiger partial charge in [-0.05, 0) is 30.0 Å². The van der Waals surface area contributed by atoms with Crippen molar-refractivity contribution in [3.05, 3.63) is 35.6 Å². The maximum atomic E-state index is 12.8. The number of benzene rings is 1. The van der Waals surface area contributed by atoms with Crippen LogP contribution in [0.1, 0.15) is 18.9 Å². The third-order valence-corrected chi connectivity index (χ3v) is 2.25. The fourth-order valence-corrected chi connectivity index (χ4v) is 1.34. The molecule has 0 saturated carbocycles. The van der Waals surface area contributed by atoms with E-state index in [9.17, 15) is 4.39 Å². The maximum absolute atomic E-state index is 12.8. The summed E-state index contributed by atoms with van der Waals surface area (Å²) in [4.78, 5) is 0. The fourth-order valence-electron chi connectivity index (χ4n) is 1.34. The van der Waals surface area contributed by atoms with Crippen LogP contribution >= 0.6 is 0 Å². The van der Waals surface area contributed by atoms with Crippen molar-refractivity contribution in [2.75, 3.05) is 6.61 Å². The van der Waals surface area contributed by atoms with Crippen LogP contribution in [0.5, 0.6) is 0 Å². The van der Waals surface area contributed by atoms with Gasteiger partial charge in [0.1, 0.15) is 5.82 Å². The van der Waals surface area contributed by atoms with Crippen molar-refractivity contribution in [1.82, 2.24) is 0 Å². The van der Waals surface area contributed by atoms with Crippen LogP contribution in [0.2, 0.25) is 0 Å². The van der Waals surface area contributed by atoms with Crippen LogP contribution in [-0.4, -0.2) is 11.7 Å². The molecule has 1 aromatic carbocycles. The van der Waals surface area contributed by atoms with Crippen LogP contribution in [0, 0.1) is 11.7 Å². The van der Waals surface area contributed by atoms with Crippen molar-refractivity contribution >= 4 is 0 Å². The van der Waals surface area contributed by atoms with Crippen LogP contribution in [0.15, 0.2) is 24.3 Å². The molecule has 0 amide bonds. The van der Waals surface area contributed by atoms with E-state index in [1.165, 1.54) is 12.1 Å². The monoisotopic (exact) mass is 182 g/mol. The molecule has 0 spiro atoms. The minimum atomic E-state index is -0.203. The lowest BCUT2D eigenvalue weighted by atomic mass is 9.98. The number of hydrogen-bond donors (Lipinski definition) is 1. The Morgan fingerprint density at radius 3 is 2.77 bits per heavy atom. The number of rotatable bonds is 4. The molecule has 1 unspecified atom stereocenters. The molecule has 1 nitrogen and oxygen atoms in total. The molecule has 72 valence electrons. The van der Waals surface area contributed by atoms with E-state index < -0.39 is 0 Å². The Hall–Kier alpha value is -0.890. The second kappa shape index (κ2) is 4.97. The minimum absolute atomic E-state index is 0.174. The number of aliphatic hydroxyl groups excluding tert-OH is 1. The Labute approximate surface area is 78.2 Å². The Kier molecular flexibility index (Phi) is 3.90. The van der Waals surface area contributed by atoms with Gasteiger partial charge in [-0.1, -0.05) is 25.5 Å². The molecule has 1 N–H and O–H groups in total. The van der Waals surface area contributed by atoms with Crippen LogP contribution in [0.4, 0.5) is 4.39 Å². The third-order valence-electron chi connectivity index (χ3n) is 2.25. The van der Waals surface area contributed by atoms with E-state index in [4.69, 9.17) is 5.11 Å². The van der Waals surface area contributed by atoms with Crippen molar-refractivity contribution < 1.29 is 9.50 Å².